The van der Waals surface area contributed by atoms with Crippen molar-refractivity contribution in [2.24, 2.45) is 5.11 Å². The lowest BCUT2D eigenvalue weighted by Gasteiger charge is -1.91. The molecule has 1 rings (SSSR count). The van der Waals surface area contributed by atoms with Crippen LogP contribution < -0.4 is 0 Å². The molecule has 0 aromatic carbocycles. The summed E-state index contributed by atoms with van der Waals surface area (Å²) in [6, 6.07) is -0.125. The normalized spacial score (nSPS) is 16.4. The Balaban J connectivity index is 2.72. The van der Waals surface area contributed by atoms with Crippen LogP contribution in [-0.4, -0.2) is 6.04 Å². The summed E-state index contributed by atoms with van der Waals surface area (Å²) in [6.45, 7) is 0. The maximum atomic E-state index is 8.08. The molecule has 3 heteroatoms. The molecule has 0 amide bonds. The van der Waals surface area contributed by atoms with Crippen molar-refractivity contribution < 1.29 is 0 Å². The molecule has 0 spiro atoms. The average Bonchev–Trinajstić information content (AvgIpc) is 2.17. The van der Waals surface area contributed by atoms with Gasteiger partial charge in [0, 0.05) is 4.91 Å². The van der Waals surface area contributed by atoms with Crippen LogP contribution in [0.3, 0.4) is 0 Å². The Morgan fingerprint density at radius 3 is 2.20 bits per heavy atom. The highest BCUT2D eigenvalue weighted by atomic mass is 15.1. The van der Waals surface area contributed by atoms with Crippen molar-refractivity contribution in [2.75, 3.05) is 0 Å². The first-order chi connectivity index (χ1) is 4.93. The van der Waals surface area contributed by atoms with E-state index < -0.39 is 0 Å². The Bertz CT molecular complexity index is 215. The molecule has 10 heavy (non-hydrogen) atoms. The zero-order chi connectivity index (χ0) is 7.23. The number of hydrogen-bond acceptors (Lipinski definition) is 1. The fraction of sp³-hybridized carbons (Fsp3) is 0.143. The van der Waals surface area contributed by atoms with E-state index in [1.54, 1.807) is 0 Å². The third-order valence-corrected chi connectivity index (χ3v) is 1.13. The Hall–Kier alpha value is -1.47. The lowest BCUT2D eigenvalue weighted by atomic mass is 10.3. The van der Waals surface area contributed by atoms with Gasteiger partial charge in [-0.25, -0.2) is 0 Å². The summed E-state index contributed by atoms with van der Waals surface area (Å²) in [4.78, 5) is 2.70. The Morgan fingerprint density at radius 2 is 1.70 bits per heavy atom. The van der Waals surface area contributed by atoms with Gasteiger partial charge in [0.05, 0.1) is 6.04 Å². The molecule has 0 heterocycles. The third kappa shape index (κ3) is 1.80. The highest BCUT2D eigenvalue weighted by Crippen LogP contribution is 2.00. The second kappa shape index (κ2) is 3.54. The van der Waals surface area contributed by atoms with Crippen molar-refractivity contribution in [1.82, 2.24) is 0 Å². The SMILES string of the molecule is [N-]=[N+]=NC1C=CC=CC=C1. The monoisotopic (exact) mass is 133 g/mol. The quantitative estimate of drug-likeness (QED) is 0.299. The van der Waals surface area contributed by atoms with E-state index in [1.165, 1.54) is 0 Å². The summed E-state index contributed by atoms with van der Waals surface area (Å²) in [5.74, 6) is 0. The summed E-state index contributed by atoms with van der Waals surface area (Å²) in [5.41, 5.74) is 8.08. The van der Waals surface area contributed by atoms with E-state index >= 15 is 0 Å². The summed E-state index contributed by atoms with van der Waals surface area (Å²) in [7, 11) is 0. The van der Waals surface area contributed by atoms with Gasteiger partial charge in [0.2, 0.25) is 0 Å². The number of allylic oxidation sites excluding steroid dienone is 4. The summed E-state index contributed by atoms with van der Waals surface area (Å²) in [6.07, 6.45) is 11.2. The van der Waals surface area contributed by atoms with E-state index in [9.17, 15) is 0 Å². The topological polar surface area (TPSA) is 48.8 Å². The smallest absolute Gasteiger partial charge is 0.0742 e. The number of nitrogens with zero attached hydrogens (tertiary/aromatic N) is 3. The van der Waals surface area contributed by atoms with E-state index in [1.807, 2.05) is 36.5 Å². The van der Waals surface area contributed by atoms with Crippen molar-refractivity contribution in [3.63, 3.8) is 0 Å². The van der Waals surface area contributed by atoms with Crippen molar-refractivity contribution in [2.45, 2.75) is 6.04 Å². The molecule has 0 aliphatic heterocycles. The van der Waals surface area contributed by atoms with Crippen LogP contribution in [0.4, 0.5) is 0 Å². The van der Waals surface area contributed by atoms with Gasteiger partial charge in [-0.1, -0.05) is 41.6 Å². The molecule has 0 unspecified atom stereocenters. The van der Waals surface area contributed by atoms with Crippen molar-refractivity contribution >= 4 is 0 Å². The van der Waals surface area contributed by atoms with Gasteiger partial charge in [-0.15, -0.1) is 0 Å². The fourth-order valence-electron chi connectivity index (χ4n) is 0.685. The molecule has 0 saturated heterocycles. The molecule has 0 saturated carbocycles. The molecule has 0 atom stereocenters. The lowest BCUT2D eigenvalue weighted by molar-refractivity contribution is 1.01. The lowest BCUT2D eigenvalue weighted by Crippen LogP contribution is -1.89. The number of hydrogen-bond donors (Lipinski definition) is 0. The van der Waals surface area contributed by atoms with Gasteiger partial charge in [0.25, 0.3) is 0 Å². The molecule has 1 aliphatic rings. The molecule has 0 aromatic heterocycles. The van der Waals surface area contributed by atoms with Gasteiger partial charge in [0.1, 0.15) is 0 Å². The van der Waals surface area contributed by atoms with E-state index in [0.29, 0.717) is 0 Å². The molecule has 0 radical (unpaired) electrons. The van der Waals surface area contributed by atoms with Crippen LogP contribution in [0, 0.1) is 0 Å². The van der Waals surface area contributed by atoms with E-state index in [2.05, 4.69) is 10.0 Å². The number of azide groups is 1. The molecular formula is C7H7N3. The van der Waals surface area contributed by atoms with Crippen LogP contribution in [0.2, 0.25) is 0 Å². The highest BCUT2D eigenvalue weighted by molar-refractivity contribution is 5.21. The highest BCUT2D eigenvalue weighted by Gasteiger charge is 1.93. The third-order valence-electron chi connectivity index (χ3n) is 1.13. The summed E-state index contributed by atoms with van der Waals surface area (Å²) in [5, 5.41) is 3.51. The van der Waals surface area contributed by atoms with Gasteiger partial charge in [0.15, 0.2) is 0 Å². The Morgan fingerprint density at radius 1 is 1.10 bits per heavy atom. The predicted octanol–water partition coefficient (Wildman–Crippen LogP) is 2.35. The molecule has 1 aliphatic carbocycles. The minimum Gasteiger partial charge on any atom is -0.0824 e. The van der Waals surface area contributed by atoms with Gasteiger partial charge in [-0.05, 0) is 5.53 Å². The zero-order valence-corrected chi connectivity index (χ0v) is 5.38. The first-order valence-corrected chi connectivity index (χ1v) is 2.99. The van der Waals surface area contributed by atoms with Crippen LogP contribution >= 0.6 is 0 Å². The molecule has 3 nitrogen and oxygen atoms in total. The summed E-state index contributed by atoms with van der Waals surface area (Å²) < 4.78 is 0. The standard InChI is InChI=1S/C7H7N3/c8-10-9-7-5-3-1-2-4-6-7/h1-7H. The van der Waals surface area contributed by atoms with E-state index in [0.717, 1.165) is 0 Å². The molecule has 0 N–H and O–H groups in total. The van der Waals surface area contributed by atoms with Gasteiger partial charge >= 0.3 is 0 Å². The van der Waals surface area contributed by atoms with Gasteiger partial charge < -0.3 is 0 Å². The second-order valence-electron chi connectivity index (χ2n) is 1.85. The first kappa shape index (κ1) is 6.65. The van der Waals surface area contributed by atoms with E-state index in [4.69, 9.17) is 5.53 Å². The predicted molar refractivity (Wildman–Crippen MR) is 40.4 cm³/mol. The molecule has 0 aromatic rings. The maximum absolute atomic E-state index is 8.08. The van der Waals surface area contributed by atoms with Crippen LogP contribution in [-0.2, 0) is 0 Å². The summed E-state index contributed by atoms with van der Waals surface area (Å²) >= 11 is 0. The van der Waals surface area contributed by atoms with Gasteiger partial charge in [-0.3, -0.25) is 0 Å². The average molecular weight is 133 g/mol. The van der Waals surface area contributed by atoms with Crippen molar-refractivity contribution in [3.05, 3.63) is 46.9 Å². The van der Waals surface area contributed by atoms with Crippen LogP contribution in [0.25, 0.3) is 10.4 Å². The molecule has 0 fully saturated rings. The largest absolute Gasteiger partial charge is 0.0824 e. The van der Waals surface area contributed by atoms with Crippen molar-refractivity contribution in [3.8, 4) is 0 Å². The fourth-order valence-corrected chi connectivity index (χ4v) is 0.685. The van der Waals surface area contributed by atoms with E-state index in [-0.39, 0.29) is 6.04 Å². The van der Waals surface area contributed by atoms with Crippen LogP contribution in [0.1, 0.15) is 0 Å². The van der Waals surface area contributed by atoms with Crippen LogP contribution in [0.5, 0.6) is 0 Å². The van der Waals surface area contributed by atoms with Crippen molar-refractivity contribution in [1.29, 1.82) is 0 Å². The Labute approximate surface area is 59.0 Å². The molecule has 50 valence electrons. The maximum Gasteiger partial charge on any atom is 0.0742 e. The second-order valence-corrected chi connectivity index (χ2v) is 1.85. The number of rotatable bonds is 1. The zero-order valence-electron chi connectivity index (χ0n) is 5.38. The molecule has 0 bridgehead atoms. The minimum atomic E-state index is -0.125. The first-order valence-electron chi connectivity index (χ1n) is 2.99. The van der Waals surface area contributed by atoms with Crippen LogP contribution in [0.15, 0.2) is 41.6 Å². The minimum absolute atomic E-state index is 0.125. The van der Waals surface area contributed by atoms with Gasteiger partial charge in [-0.2, -0.15) is 0 Å². The Kier molecular flexibility index (Phi) is 2.35. The molecular weight excluding hydrogens is 126 g/mol.